The molecule has 0 spiro atoms. The van der Waals surface area contributed by atoms with Gasteiger partial charge in [-0.1, -0.05) is 26.1 Å². The van der Waals surface area contributed by atoms with Crippen molar-refractivity contribution in [2.24, 2.45) is 0 Å². The van der Waals surface area contributed by atoms with E-state index in [0.717, 1.165) is 35.6 Å². The van der Waals surface area contributed by atoms with Crippen LogP contribution in [0.15, 0.2) is 24.4 Å². The number of nitrogens with zero attached hydrogens (tertiary/aromatic N) is 2. The van der Waals surface area contributed by atoms with Gasteiger partial charge in [0.1, 0.15) is 11.5 Å². The van der Waals surface area contributed by atoms with Crippen molar-refractivity contribution in [3.63, 3.8) is 0 Å². The minimum Gasteiger partial charge on any atom is -0.370 e. The summed E-state index contributed by atoms with van der Waals surface area (Å²) in [6, 6.07) is 3.79. The Labute approximate surface area is 143 Å². The van der Waals surface area contributed by atoms with Gasteiger partial charge < -0.3 is 5.32 Å². The molecule has 2 aromatic rings. The lowest BCUT2D eigenvalue weighted by Crippen LogP contribution is -2.14. The third-order valence-electron chi connectivity index (χ3n) is 3.71. The Morgan fingerprint density at radius 1 is 1.46 bits per heavy atom. The van der Waals surface area contributed by atoms with Crippen LogP contribution in [0, 0.1) is 0 Å². The molecular weight excluding hydrogens is 303 g/mol. The Morgan fingerprint density at radius 3 is 3.00 bits per heavy atom. The number of anilines is 1. The van der Waals surface area contributed by atoms with E-state index in [1.54, 1.807) is 11.6 Å². The van der Waals surface area contributed by atoms with Crippen molar-refractivity contribution >= 4 is 31.3 Å². The van der Waals surface area contributed by atoms with E-state index in [1.807, 2.05) is 22.7 Å². The first kappa shape index (κ1) is 18.1. The highest BCUT2D eigenvalue weighted by molar-refractivity contribution is 6.08. The van der Waals surface area contributed by atoms with Gasteiger partial charge in [0.15, 0.2) is 0 Å². The van der Waals surface area contributed by atoms with Gasteiger partial charge in [-0.2, -0.15) is 0 Å². The van der Waals surface area contributed by atoms with Crippen LogP contribution < -0.4 is 10.8 Å². The van der Waals surface area contributed by atoms with Gasteiger partial charge in [0.25, 0.3) is 5.91 Å². The fourth-order valence-electron chi connectivity index (χ4n) is 2.52. The first-order valence-corrected chi connectivity index (χ1v) is 8.26. The molecule has 6 nitrogen and oxygen atoms in total. The van der Waals surface area contributed by atoms with Crippen molar-refractivity contribution < 1.29 is 10.0 Å². The lowest BCUT2D eigenvalue weighted by Gasteiger charge is -2.07. The summed E-state index contributed by atoms with van der Waals surface area (Å²) in [6.07, 6.45) is 9.73. The molecule has 0 atom stereocenters. The van der Waals surface area contributed by atoms with Gasteiger partial charge in [0.2, 0.25) is 0 Å². The van der Waals surface area contributed by atoms with Crippen LogP contribution in [0.2, 0.25) is 6.32 Å². The molecule has 2 heterocycles. The van der Waals surface area contributed by atoms with E-state index in [2.05, 4.69) is 12.2 Å². The van der Waals surface area contributed by atoms with Gasteiger partial charge in [0.05, 0.1) is 13.5 Å². The first-order valence-electron chi connectivity index (χ1n) is 8.26. The standard InChI is InChI=1S/C17H23BN4O2/c1-2-3-4-5-14-17(19-10-9-18)22-11-8-13(12-15(22)20-14)6-7-16(23)21-24/h6-8,11-12,19,24H,2-5,9-10H2,1H3,(H,21,23)/b7-6+. The third-order valence-corrected chi connectivity index (χ3v) is 3.71. The molecule has 2 rings (SSSR count). The molecule has 3 N–H and O–H groups in total. The number of aryl methyl sites for hydroxylation is 1. The smallest absolute Gasteiger partial charge is 0.267 e. The summed E-state index contributed by atoms with van der Waals surface area (Å²) in [6.45, 7) is 2.87. The monoisotopic (exact) mass is 326 g/mol. The van der Waals surface area contributed by atoms with Crippen LogP contribution in [0.4, 0.5) is 5.82 Å². The number of rotatable bonds is 9. The first-order chi connectivity index (χ1) is 11.7. The Balaban J connectivity index is 2.30. The van der Waals surface area contributed by atoms with Gasteiger partial charge in [-0.15, -0.1) is 0 Å². The maximum atomic E-state index is 11.1. The van der Waals surface area contributed by atoms with Crippen molar-refractivity contribution in [3.8, 4) is 0 Å². The number of hydroxylamine groups is 1. The fraction of sp³-hybridized carbons (Fsp3) is 0.412. The highest BCUT2D eigenvalue weighted by Gasteiger charge is 2.11. The second kappa shape index (κ2) is 9.13. The number of imidazole rings is 1. The number of unbranched alkanes of at least 4 members (excludes halogenated alkanes) is 2. The van der Waals surface area contributed by atoms with Gasteiger partial charge >= 0.3 is 0 Å². The SMILES string of the molecule is [B]CCNc1c(CCCCC)nc2cc(/C=C/C(=O)NO)ccn12. The summed E-state index contributed by atoms with van der Waals surface area (Å²) in [7, 11) is 5.61. The molecule has 0 aliphatic heterocycles. The van der Waals surface area contributed by atoms with Gasteiger partial charge in [-0.25, -0.2) is 10.5 Å². The second-order valence-electron chi connectivity index (χ2n) is 5.58. The second-order valence-corrected chi connectivity index (χ2v) is 5.58. The Morgan fingerprint density at radius 2 is 2.29 bits per heavy atom. The summed E-state index contributed by atoms with van der Waals surface area (Å²) >= 11 is 0. The van der Waals surface area contributed by atoms with E-state index in [0.29, 0.717) is 12.9 Å². The molecule has 0 fully saturated rings. The average molecular weight is 326 g/mol. The topological polar surface area (TPSA) is 78.7 Å². The van der Waals surface area contributed by atoms with Gasteiger partial charge in [0, 0.05) is 18.8 Å². The fourth-order valence-corrected chi connectivity index (χ4v) is 2.52. The highest BCUT2D eigenvalue weighted by atomic mass is 16.5. The van der Waals surface area contributed by atoms with E-state index in [9.17, 15) is 4.79 Å². The number of amides is 1. The van der Waals surface area contributed by atoms with E-state index in [4.69, 9.17) is 18.0 Å². The van der Waals surface area contributed by atoms with Crippen LogP contribution in [0.5, 0.6) is 0 Å². The van der Waals surface area contributed by atoms with Crippen molar-refractivity contribution in [2.45, 2.75) is 38.9 Å². The molecule has 7 heteroatoms. The third kappa shape index (κ3) is 4.61. The summed E-state index contributed by atoms with van der Waals surface area (Å²) in [5.74, 6) is 0.416. The van der Waals surface area contributed by atoms with Gasteiger partial charge in [-0.3, -0.25) is 14.4 Å². The number of carbonyl (C=O) groups excluding carboxylic acids is 1. The van der Waals surface area contributed by atoms with E-state index < -0.39 is 5.91 Å². The highest BCUT2D eigenvalue weighted by Crippen LogP contribution is 2.22. The summed E-state index contributed by atoms with van der Waals surface area (Å²) in [5.41, 5.74) is 4.25. The van der Waals surface area contributed by atoms with Crippen LogP contribution in [-0.4, -0.2) is 34.9 Å². The molecule has 0 unspecified atom stereocenters. The van der Waals surface area contributed by atoms with Crippen molar-refractivity contribution in [1.82, 2.24) is 14.9 Å². The molecule has 2 radical (unpaired) electrons. The minimum atomic E-state index is -0.566. The molecule has 0 aliphatic carbocycles. The number of hydrogen-bond donors (Lipinski definition) is 3. The number of carbonyl (C=O) groups is 1. The Kier molecular flexibility index (Phi) is 6.87. The number of aromatic nitrogens is 2. The molecule has 0 aliphatic rings. The molecule has 1 amide bonds. The maximum absolute atomic E-state index is 11.1. The minimum absolute atomic E-state index is 0.554. The van der Waals surface area contributed by atoms with Crippen LogP contribution >= 0.6 is 0 Å². The molecule has 24 heavy (non-hydrogen) atoms. The lowest BCUT2D eigenvalue weighted by molar-refractivity contribution is -0.124. The Hall–Kier alpha value is -2.28. The molecule has 0 saturated heterocycles. The molecular formula is C17H23BN4O2. The van der Waals surface area contributed by atoms with Crippen LogP contribution in [0.3, 0.4) is 0 Å². The van der Waals surface area contributed by atoms with Gasteiger partial charge in [-0.05, 0) is 36.6 Å². The predicted octanol–water partition coefficient (Wildman–Crippen LogP) is 2.58. The molecule has 126 valence electrons. The summed E-state index contributed by atoms with van der Waals surface area (Å²) in [5, 5.41) is 11.9. The van der Waals surface area contributed by atoms with Crippen molar-refractivity contribution in [3.05, 3.63) is 35.7 Å². The Bertz CT molecular complexity index is 712. The number of hydrogen-bond acceptors (Lipinski definition) is 4. The van der Waals surface area contributed by atoms with Crippen LogP contribution in [0.1, 0.15) is 37.4 Å². The molecule has 0 bridgehead atoms. The molecule has 0 saturated carbocycles. The van der Waals surface area contributed by atoms with Crippen molar-refractivity contribution in [1.29, 1.82) is 0 Å². The summed E-state index contributed by atoms with van der Waals surface area (Å²) < 4.78 is 2.00. The average Bonchev–Trinajstić information content (AvgIpc) is 2.94. The predicted molar refractivity (Wildman–Crippen MR) is 96.4 cm³/mol. The zero-order chi connectivity index (χ0) is 17.4. The van der Waals surface area contributed by atoms with Crippen molar-refractivity contribution in [2.75, 3.05) is 11.9 Å². The molecule has 2 aromatic heterocycles. The zero-order valence-electron chi connectivity index (χ0n) is 14.0. The zero-order valence-corrected chi connectivity index (χ0v) is 14.0. The quantitative estimate of drug-likeness (QED) is 0.218. The number of fused-ring (bicyclic) bond motifs is 1. The maximum Gasteiger partial charge on any atom is 0.267 e. The normalized spacial score (nSPS) is 11.2. The van der Waals surface area contributed by atoms with Crippen LogP contribution in [-0.2, 0) is 11.2 Å². The largest absolute Gasteiger partial charge is 0.370 e. The van der Waals surface area contributed by atoms with E-state index in [1.165, 1.54) is 18.9 Å². The summed E-state index contributed by atoms with van der Waals surface area (Å²) in [4.78, 5) is 15.8. The van der Waals surface area contributed by atoms with E-state index >= 15 is 0 Å². The van der Waals surface area contributed by atoms with Crippen LogP contribution in [0.25, 0.3) is 11.7 Å². The lowest BCUT2D eigenvalue weighted by atomic mass is 10.1. The number of nitrogens with one attached hydrogen (secondary N) is 2. The number of pyridine rings is 1. The molecule has 0 aromatic carbocycles. The van der Waals surface area contributed by atoms with E-state index in [-0.39, 0.29) is 0 Å².